The van der Waals surface area contributed by atoms with Crippen LogP contribution in [0.3, 0.4) is 0 Å². The summed E-state index contributed by atoms with van der Waals surface area (Å²) >= 11 is 0. The number of hydrogen-bond donors (Lipinski definition) is 1. The molecule has 1 aliphatic heterocycles. The molecule has 0 amide bonds. The molecule has 2 nitrogen and oxygen atoms in total. The summed E-state index contributed by atoms with van der Waals surface area (Å²) in [7, 11) is 0. The molecule has 2 aliphatic rings. The molecular weight excluding hydrogens is 124 g/mol. The zero-order chi connectivity index (χ0) is 7.35. The van der Waals surface area contributed by atoms with Crippen molar-refractivity contribution in [1.29, 1.82) is 0 Å². The lowest BCUT2D eigenvalue weighted by molar-refractivity contribution is 0.436. The van der Waals surface area contributed by atoms with E-state index in [1.54, 1.807) is 0 Å². The Balaban J connectivity index is 2.16. The summed E-state index contributed by atoms with van der Waals surface area (Å²) in [5.41, 5.74) is 0.459. The second-order valence-corrected chi connectivity index (χ2v) is 3.94. The average Bonchev–Trinajstić information content (AvgIpc) is 2.28. The molecule has 1 N–H and O–H groups in total. The van der Waals surface area contributed by atoms with E-state index in [4.69, 9.17) is 6.57 Å². The Morgan fingerprint density at radius 1 is 1.60 bits per heavy atom. The standard InChI is InChI=1S/C8H12N2/c1-8(2)5-4-10-7(9-3)6(5)8/h5-7,10H,4H2,1-2H3/t5-,6-,7-/m1/s1. The first-order chi connectivity index (χ1) is 4.68. The molecule has 0 radical (unpaired) electrons. The second-order valence-electron chi connectivity index (χ2n) is 3.94. The van der Waals surface area contributed by atoms with Crippen LogP contribution in [0.4, 0.5) is 0 Å². The van der Waals surface area contributed by atoms with Gasteiger partial charge in [0.05, 0.1) is 5.92 Å². The van der Waals surface area contributed by atoms with Crippen LogP contribution in [0.5, 0.6) is 0 Å². The van der Waals surface area contributed by atoms with Gasteiger partial charge in [0.1, 0.15) is 0 Å². The van der Waals surface area contributed by atoms with Gasteiger partial charge in [0.25, 0.3) is 6.17 Å². The number of hydrogen-bond acceptors (Lipinski definition) is 1. The zero-order valence-corrected chi connectivity index (χ0v) is 6.39. The summed E-state index contributed by atoms with van der Waals surface area (Å²) in [5, 5.41) is 3.21. The molecule has 0 aromatic carbocycles. The maximum Gasteiger partial charge on any atom is 0.280 e. The van der Waals surface area contributed by atoms with Crippen LogP contribution in [-0.2, 0) is 0 Å². The molecule has 1 aliphatic carbocycles. The van der Waals surface area contributed by atoms with Crippen molar-refractivity contribution in [2.75, 3.05) is 6.54 Å². The monoisotopic (exact) mass is 136 g/mol. The van der Waals surface area contributed by atoms with Gasteiger partial charge in [0.15, 0.2) is 0 Å². The molecule has 1 heterocycles. The van der Waals surface area contributed by atoms with E-state index in [0.29, 0.717) is 11.3 Å². The van der Waals surface area contributed by atoms with Gasteiger partial charge in [-0.25, -0.2) is 11.9 Å². The minimum atomic E-state index is 0.125. The van der Waals surface area contributed by atoms with Crippen molar-refractivity contribution >= 4 is 0 Å². The molecule has 54 valence electrons. The predicted octanol–water partition coefficient (Wildman–Crippen LogP) is 1.11. The highest BCUT2D eigenvalue weighted by molar-refractivity contribution is 5.17. The highest BCUT2D eigenvalue weighted by atomic mass is 15.1. The Bertz CT molecular complexity index is 202. The van der Waals surface area contributed by atoms with Crippen LogP contribution in [0.1, 0.15) is 13.8 Å². The fourth-order valence-electron chi connectivity index (χ4n) is 2.30. The van der Waals surface area contributed by atoms with E-state index in [9.17, 15) is 0 Å². The SMILES string of the molecule is [C-]#[N+][C@@H]1NC[C@@H]2[C@H]1C2(C)C. The molecule has 3 atom stereocenters. The minimum absolute atomic E-state index is 0.125. The molecule has 10 heavy (non-hydrogen) atoms. The third kappa shape index (κ3) is 0.518. The molecule has 2 fully saturated rings. The Hall–Kier alpha value is -0.550. The van der Waals surface area contributed by atoms with Crippen molar-refractivity contribution in [1.82, 2.24) is 5.32 Å². The van der Waals surface area contributed by atoms with Crippen molar-refractivity contribution < 1.29 is 0 Å². The van der Waals surface area contributed by atoms with Gasteiger partial charge >= 0.3 is 0 Å². The van der Waals surface area contributed by atoms with Crippen molar-refractivity contribution in [2.45, 2.75) is 20.0 Å². The van der Waals surface area contributed by atoms with Crippen molar-refractivity contribution in [3.05, 3.63) is 11.4 Å². The third-order valence-corrected chi connectivity index (χ3v) is 3.17. The topological polar surface area (TPSA) is 16.4 Å². The largest absolute Gasteiger partial charge is 0.296 e. The van der Waals surface area contributed by atoms with E-state index in [2.05, 4.69) is 24.0 Å². The van der Waals surface area contributed by atoms with Gasteiger partial charge in [-0.15, -0.1) is 0 Å². The van der Waals surface area contributed by atoms with Gasteiger partial charge in [0.2, 0.25) is 0 Å². The van der Waals surface area contributed by atoms with Crippen molar-refractivity contribution in [3.63, 3.8) is 0 Å². The quantitative estimate of drug-likeness (QED) is 0.493. The Morgan fingerprint density at radius 3 is 2.60 bits per heavy atom. The van der Waals surface area contributed by atoms with Crippen LogP contribution < -0.4 is 5.32 Å². The van der Waals surface area contributed by atoms with Gasteiger partial charge in [-0.1, -0.05) is 13.8 Å². The van der Waals surface area contributed by atoms with Crippen LogP contribution in [0, 0.1) is 23.8 Å². The van der Waals surface area contributed by atoms with E-state index in [0.717, 1.165) is 12.5 Å². The van der Waals surface area contributed by atoms with E-state index >= 15 is 0 Å². The molecular formula is C8H12N2. The van der Waals surface area contributed by atoms with Crippen LogP contribution in [0.2, 0.25) is 0 Å². The lowest BCUT2D eigenvalue weighted by Crippen LogP contribution is -2.27. The van der Waals surface area contributed by atoms with E-state index < -0.39 is 0 Å². The van der Waals surface area contributed by atoms with E-state index in [-0.39, 0.29) is 6.17 Å². The third-order valence-electron chi connectivity index (χ3n) is 3.17. The normalized spacial score (nSPS) is 47.9. The Labute approximate surface area is 61.4 Å². The van der Waals surface area contributed by atoms with Gasteiger partial charge in [-0.2, -0.15) is 0 Å². The lowest BCUT2D eigenvalue weighted by atomic mass is 10.1. The minimum Gasteiger partial charge on any atom is -0.296 e. The number of nitrogens with one attached hydrogen (secondary N) is 1. The Morgan fingerprint density at radius 2 is 2.30 bits per heavy atom. The van der Waals surface area contributed by atoms with Gasteiger partial charge in [-0.05, 0) is 11.3 Å². The van der Waals surface area contributed by atoms with Crippen molar-refractivity contribution in [2.24, 2.45) is 17.3 Å². The molecule has 1 saturated heterocycles. The van der Waals surface area contributed by atoms with Gasteiger partial charge < -0.3 is 0 Å². The molecule has 0 bridgehead atoms. The van der Waals surface area contributed by atoms with Gasteiger partial charge in [0, 0.05) is 6.54 Å². The number of fused-ring (bicyclic) bond motifs is 1. The average molecular weight is 136 g/mol. The lowest BCUT2D eigenvalue weighted by Gasteiger charge is -2.08. The first-order valence-corrected chi connectivity index (χ1v) is 3.78. The van der Waals surface area contributed by atoms with Crippen LogP contribution in [-0.4, -0.2) is 12.7 Å². The Kier molecular flexibility index (Phi) is 0.952. The highest BCUT2D eigenvalue weighted by Gasteiger charge is 2.67. The molecule has 2 rings (SSSR count). The molecule has 0 unspecified atom stereocenters. The molecule has 0 aromatic rings. The van der Waals surface area contributed by atoms with Crippen LogP contribution in [0.15, 0.2) is 0 Å². The van der Waals surface area contributed by atoms with Crippen molar-refractivity contribution in [3.8, 4) is 0 Å². The van der Waals surface area contributed by atoms with Crippen LogP contribution >= 0.6 is 0 Å². The maximum absolute atomic E-state index is 6.90. The van der Waals surface area contributed by atoms with E-state index in [1.165, 1.54) is 0 Å². The van der Waals surface area contributed by atoms with Crippen LogP contribution in [0.25, 0.3) is 4.85 Å². The first-order valence-electron chi connectivity index (χ1n) is 3.78. The summed E-state index contributed by atoms with van der Waals surface area (Å²) in [4.78, 5) is 3.54. The summed E-state index contributed by atoms with van der Waals surface area (Å²) in [6.07, 6.45) is 0.125. The summed E-state index contributed by atoms with van der Waals surface area (Å²) < 4.78 is 0. The smallest absolute Gasteiger partial charge is 0.280 e. The van der Waals surface area contributed by atoms with Gasteiger partial charge in [-0.3, -0.25) is 4.85 Å². The summed E-state index contributed by atoms with van der Waals surface area (Å²) in [6, 6.07) is 0. The number of nitrogens with zero attached hydrogens (tertiary/aromatic N) is 1. The molecule has 0 aromatic heterocycles. The number of rotatable bonds is 0. The zero-order valence-electron chi connectivity index (χ0n) is 6.39. The predicted molar refractivity (Wildman–Crippen MR) is 39.2 cm³/mol. The maximum atomic E-state index is 6.90. The van der Waals surface area contributed by atoms with E-state index in [1.807, 2.05) is 0 Å². The fraction of sp³-hybridized carbons (Fsp3) is 0.875. The summed E-state index contributed by atoms with van der Waals surface area (Å²) in [5.74, 6) is 1.43. The molecule has 0 spiro atoms. The first kappa shape index (κ1) is 6.18. The molecule has 2 heteroatoms. The fourth-order valence-corrected chi connectivity index (χ4v) is 2.30. The number of piperidine rings is 1. The highest BCUT2D eigenvalue weighted by Crippen LogP contribution is 2.62. The molecule has 1 saturated carbocycles. The summed E-state index contributed by atoms with van der Waals surface area (Å²) in [6.45, 7) is 12.5. The second kappa shape index (κ2) is 1.54.